The highest BCUT2D eigenvalue weighted by atomic mass is 16.3. The summed E-state index contributed by atoms with van der Waals surface area (Å²) in [5, 5.41) is 9.80. The van der Waals surface area contributed by atoms with Crippen molar-refractivity contribution in [3.8, 4) is 0 Å². The first kappa shape index (κ1) is 12.8. The lowest BCUT2D eigenvalue weighted by atomic mass is 9.86. The fourth-order valence-corrected chi connectivity index (χ4v) is 0.856. The summed E-state index contributed by atoms with van der Waals surface area (Å²) >= 11 is 0. The largest absolute Gasteiger partial charge is 0.381 e. The molecule has 0 aliphatic rings. The summed E-state index contributed by atoms with van der Waals surface area (Å²) in [6.07, 6.45) is 1.45. The van der Waals surface area contributed by atoms with Crippen molar-refractivity contribution < 1.29 is 14.7 Å². The van der Waals surface area contributed by atoms with Crippen LogP contribution in [0.15, 0.2) is 12.7 Å². The number of carbonyl (C=O) groups is 2. The zero-order valence-electron chi connectivity index (χ0n) is 9.07. The lowest BCUT2D eigenvalue weighted by molar-refractivity contribution is -0.154. The van der Waals surface area contributed by atoms with Gasteiger partial charge in [-0.05, 0) is 6.92 Å². The highest BCUT2D eigenvalue weighted by Crippen LogP contribution is 2.19. The van der Waals surface area contributed by atoms with E-state index in [0.717, 1.165) is 4.90 Å². The number of amides is 1. The minimum Gasteiger partial charge on any atom is -0.381 e. The van der Waals surface area contributed by atoms with Crippen LogP contribution >= 0.6 is 0 Å². The van der Waals surface area contributed by atoms with Crippen LogP contribution in [0.3, 0.4) is 0 Å². The predicted octanol–water partition coefficient (Wildman–Crippen LogP) is 0.217. The molecule has 0 unspecified atom stereocenters. The Kier molecular flexibility index (Phi) is 4.01. The lowest BCUT2D eigenvalue weighted by Gasteiger charge is -2.26. The molecule has 2 atom stereocenters. The maximum Gasteiger partial charge on any atom is 0.292 e. The van der Waals surface area contributed by atoms with Crippen LogP contribution in [-0.2, 0) is 9.59 Å². The van der Waals surface area contributed by atoms with Crippen LogP contribution in [0.5, 0.6) is 0 Å². The Morgan fingerprint density at radius 1 is 1.50 bits per heavy atom. The van der Waals surface area contributed by atoms with Crippen molar-refractivity contribution >= 4 is 11.7 Å². The van der Waals surface area contributed by atoms with Crippen LogP contribution in [0.25, 0.3) is 0 Å². The van der Waals surface area contributed by atoms with Gasteiger partial charge in [0.2, 0.25) is 0 Å². The van der Waals surface area contributed by atoms with E-state index in [1.165, 1.54) is 27.1 Å². The molecule has 4 heteroatoms. The Morgan fingerprint density at radius 2 is 1.93 bits per heavy atom. The van der Waals surface area contributed by atoms with E-state index in [9.17, 15) is 14.7 Å². The highest BCUT2D eigenvalue weighted by molar-refractivity contribution is 6.39. The molecule has 0 spiro atoms. The van der Waals surface area contributed by atoms with Crippen molar-refractivity contribution in [3.63, 3.8) is 0 Å². The second kappa shape index (κ2) is 4.37. The Hall–Kier alpha value is -1.16. The maximum atomic E-state index is 11.5. The van der Waals surface area contributed by atoms with Crippen molar-refractivity contribution in [1.29, 1.82) is 0 Å². The van der Waals surface area contributed by atoms with Gasteiger partial charge in [-0.25, -0.2) is 0 Å². The second-order valence-electron chi connectivity index (χ2n) is 3.70. The van der Waals surface area contributed by atoms with Crippen LogP contribution in [-0.4, -0.2) is 41.4 Å². The normalized spacial score (nSPS) is 16.6. The Morgan fingerprint density at radius 3 is 2.21 bits per heavy atom. The third kappa shape index (κ3) is 2.42. The first-order valence-corrected chi connectivity index (χ1v) is 4.36. The van der Waals surface area contributed by atoms with Gasteiger partial charge >= 0.3 is 0 Å². The Balaban J connectivity index is 4.84. The number of nitrogens with zero attached hydrogens (tertiary/aromatic N) is 1. The number of aliphatic hydroxyl groups is 1. The van der Waals surface area contributed by atoms with E-state index >= 15 is 0 Å². The Labute approximate surface area is 84.2 Å². The molecule has 0 aromatic carbocycles. The minimum absolute atomic E-state index is 0.459. The molecule has 0 saturated carbocycles. The molecule has 4 nitrogen and oxygen atoms in total. The van der Waals surface area contributed by atoms with Gasteiger partial charge in [0.15, 0.2) is 0 Å². The zero-order chi connectivity index (χ0) is 11.5. The van der Waals surface area contributed by atoms with E-state index in [2.05, 4.69) is 6.58 Å². The molecule has 0 radical (unpaired) electrons. The predicted molar refractivity (Wildman–Crippen MR) is 53.7 cm³/mol. The van der Waals surface area contributed by atoms with E-state index in [4.69, 9.17) is 0 Å². The number of likely N-dealkylation sites (N-methyl/N-ethyl adjacent to an activating group) is 1. The second-order valence-corrected chi connectivity index (χ2v) is 3.70. The van der Waals surface area contributed by atoms with Gasteiger partial charge in [0, 0.05) is 20.0 Å². The van der Waals surface area contributed by atoms with Crippen LogP contribution in [0.1, 0.15) is 13.8 Å². The topological polar surface area (TPSA) is 57.6 Å². The van der Waals surface area contributed by atoms with Gasteiger partial charge in [-0.2, -0.15) is 0 Å². The minimum atomic E-state index is -1.68. The van der Waals surface area contributed by atoms with Crippen molar-refractivity contribution in [1.82, 2.24) is 4.90 Å². The molecule has 0 aromatic rings. The summed E-state index contributed by atoms with van der Waals surface area (Å²) in [6.45, 7) is 6.43. The highest BCUT2D eigenvalue weighted by Gasteiger charge is 2.39. The molecule has 0 rings (SSSR count). The molecule has 0 bridgehead atoms. The van der Waals surface area contributed by atoms with E-state index in [0.29, 0.717) is 0 Å². The molecule has 0 heterocycles. The number of carbonyl (C=O) groups excluding carboxylic acids is 2. The van der Waals surface area contributed by atoms with Gasteiger partial charge in [-0.15, -0.1) is 6.58 Å². The standard InChI is InChI=1S/C10H17NO3/c1-6-7(2)10(3,14)8(12)9(13)11(4)5/h6-7,14H,1H2,2-5H3/t7-,10-/m1/s1. The first-order chi connectivity index (χ1) is 6.25. The molecule has 0 aliphatic heterocycles. The van der Waals surface area contributed by atoms with E-state index in [1.807, 2.05) is 0 Å². The fourth-order valence-electron chi connectivity index (χ4n) is 0.856. The zero-order valence-corrected chi connectivity index (χ0v) is 9.07. The summed E-state index contributed by atoms with van der Waals surface area (Å²) in [7, 11) is 2.93. The summed E-state index contributed by atoms with van der Waals surface area (Å²) in [5.74, 6) is -1.97. The fraction of sp³-hybridized carbons (Fsp3) is 0.600. The van der Waals surface area contributed by atoms with E-state index in [-0.39, 0.29) is 0 Å². The van der Waals surface area contributed by atoms with Gasteiger partial charge in [0.05, 0.1) is 0 Å². The van der Waals surface area contributed by atoms with Crippen LogP contribution in [0, 0.1) is 5.92 Å². The number of hydrogen-bond donors (Lipinski definition) is 1. The van der Waals surface area contributed by atoms with Crippen molar-refractivity contribution in [2.45, 2.75) is 19.4 Å². The van der Waals surface area contributed by atoms with Crippen LogP contribution in [0.4, 0.5) is 0 Å². The Bertz CT molecular complexity index is 256. The molecular weight excluding hydrogens is 182 g/mol. The number of Topliss-reactive ketones (excluding diaryl/α,β-unsaturated/α-hetero) is 1. The maximum absolute atomic E-state index is 11.5. The van der Waals surface area contributed by atoms with Gasteiger partial charge < -0.3 is 10.0 Å². The number of hydrogen-bond acceptors (Lipinski definition) is 3. The van der Waals surface area contributed by atoms with Gasteiger partial charge in [-0.1, -0.05) is 13.0 Å². The third-order valence-electron chi connectivity index (χ3n) is 2.30. The molecule has 1 N–H and O–H groups in total. The average Bonchev–Trinajstić information content (AvgIpc) is 2.13. The van der Waals surface area contributed by atoms with Crippen LogP contribution < -0.4 is 0 Å². The molecule has 0 saturated heterocycles. The molecule has 0 aromatic heterocycles. The summed E-state index contributed by atoms with van der Waals surface area (Å²) in [6, 6.07) is 0. The summed E-state index contributed by atoms with van der Waals surface area (Å²) < 4.78 is 0. The summed E-state index contributed by atoms with van der Waals surface area (Å²) in [5.41, 5.74) is -1.68. The molecular formula is C10H17NO3. The smallest absolute Gasteiger partial charge is 0.292 e. The molecule has 14 heavy (non-hydrogen) atoms. The lowest BCUT2D eigenvalue weighted by Crippen LogP contribution is -2.48. The van der Waals surface area contributed by atoms with Gasteiger partial charge in [0.1, 0.15) is 5.60 Å². The van der Waals surface area contributed by atoms with Crippen molar-refractivity contribution in [3.05, 3.63) is 12.7 Å². The number of ketones is 1. The molecule has 1 amide bonds. The SMILES string of the molecule is C=C[C@@H](C)[C@@](C)(O)C(=O)C(=O)N(C)C. The van der Waals surface area contributed by atoms with Gasteiger partial charge in [-0.3, -0.25) is 9.59 Å². The third-order valence-corrected chi connectivity index (χ3v) is 2.30. The monoisotopic (exact) mass is 199 g/mol. The molecule has 0 fully saturated rings. The quantitative estimate of drug-likeness (QED) is 0.520. The van der Waals surface area contributed by atoms with Gasteiger partial charge in [0.25, 0.3) is 11.7 Å². The van der Waals surface area contributed by atoms with E-state index in [1.54, 1.807) is 6.92 Å². The average molecular weight is 199 g/mol. The molecule has 80 valence electrons. The van der Waals surface area contributed by atoms with Crippen molar-refractivity contribution in [2.24, 2.45) is 5.92 Å². The molecule has 0 aliphatic carbocycles. The van der Waals surface area contributed by atoms with Crippen LogP contribution in [0.2, 0.25) is 0 Å². The number of rotatable bonds is 4. The first-order valence-electron chi connectivity index (χ1n) is 4.36. The summed E-state index contributed by atoms with van der Waals surface area (Å²) in [4.78, 5) is 24.0. The van der Waals surface area contributed by atoms with E-state index < -0.39 is 23.2 Å². The van der Waals surface area contributed by atoms with Crippen molar-refractivity contribution in [2.75, 3.05) is 14.1 Å².